The molecule has 2 aliphatic heterocycles. The van der Waals surface area contributed by atoms with E-state index in [0.29, 0.717) is 24.6 Å². The molecule has 2 atom stereocenters. The number of nitrogens with zero attached hydrogens (tertiary/aromatic N) is 3. The van der Waals surface area contributed by atoms with Crippen molar-refractivity contribution in [3.05, 3.63) is 35.7 Å². The summed E-state index contributed by atoms with van der Waals surface area (Å²) in [7, 11) is -3.57. The maximum Gasteiger partial charge on any atom is 0.322 e. The molecule has 10 heteroatoms. The van der Waals surface area contributed by atoms with Gasteiger partial charge in [0, 0.05) is 24.8 Å². The number of carbonyl (C=O) groups excluding carboxylic acids is 1. The molecule has 0 bridgehead atoms. The van der Waals surface area contributed by atoms with Crippen LogP contribution in [0.2, 0.25) is 0 Å². The lowest BCUT2D eigenvalue weighted by atomic mass is 10.1. The van der Waals surface area contributed by atoms with E-state index in [2.05, 4.69) is 15.5 Å². The average molecular weight is 420 g/mol. The number of aromatic nitrogens is 2. The van der Waals surface area contributed by atoms with Crippen molar-refractivity contribution < 1.29 is 22.4 Å². The van der Waals surface area contributed by atoms with Gasteiger partial charge in [-0.25, -0.2) is 8.42 Å². The highest BCUT2D eigenvalue weighted by Crippen LogP contribution is 2.28. The molecule has 1 aromatic heterocycles. The Morgan fingerprint density at radius 3 is 2.62 bits per heavy atom. The van der Waals surface area contributed by atoms with Crippen molar-refractivity contribution in [2.24, 2.45) is 0 Å². The molecule has 0 unspecified atom stereocenters. The summed E-state index contributed by atoms with van der Waals surface area (Å²) in [4.78, 5) is 12.6. The molecule has 2 aromatic rings. The van der Waals surface area contributed by atoms with Crippen LogP contribution in [0, 0.1) is 0 Å². The van der Waals surface area contributed by atoms with Crippen LogP contribution >= 0.6 is 0 Å². The van der Waals surface area contributed by atoms with Gasteiger partial charge in [-0.15, -0.1) is 5.10 Å². The molecular formula is C19H24N4O5S. The van der Waals surface area contributed by atoms with E-state index in [1.165, 1.54) is 28.6 Å². The van der Waals surface area contributed by atoms with Crippen LogP contribution in [0.5, 0.6) is 0 Å². The van der Waals surface area contributed by atoms with Gasteiger partial charge in [0.1, 0.15) is 6.10 Å². The zero-order valence-electron chi connectivity index (χ0n) is 16.2. The van der Waals surface area contributed by atoms with E-state index in [4.69, 9.17) is 9.15 Å². The van der Waals surface area contributed by atoms with Gasteiger partial charge in [0.2, 0.25) is 15.9 Å². The highest BCUT2D eigenvalue weighted by Gasteiger charge is 2.31. The summed E-state index contributed by atoms with van der Waals surface area (Å²) in [5.74, 6) is -0.113. The summed E-state index contributed by atoms with van der Waals surface area (Å²) in [6.07, 6.45) is 4.27. The van der Waals surface area contributed by atoms with Gasteiger partial charge in [-0.1, -0.05) is 11.5 Å². The number of benzene rings is 1. The van der Waals surface area contributed by atoms with Crippen LogP contribution in [-0.2, 0) is 14.8 Å². The highest BCUT2D eigenvalue weighted by molar-refractivity contribution is 7.89. The lowest BCUT2D eigenvalue weighted by molar-refractivity contribution is 0.0893. The van der Waals surface area contributed by atoms with Crippen LogP contribution in [0.25, 0.3) is 0 Å². The molecule has 4 rings (SSSR count). The van der Waals surface area contributed by atoms with Crippen molar-refractivity contribution >= 4 is 21.9 Å². The number of nitrogens with one attached hydrogen (secondary N) is 1. The molecule has 0 saturated carbocycles. The Kier molecular flexibility index (Phi) is 5.66. The molecule has 1 amide bonds. The normalized spacial score (nSPS) is 23.2. The van der Waals surface area contributed by atoms with Crippen LogP contribution in [0.1, 0.15) is 61.4 Å². The summed E-state index contributed by atoms with van der Waals surface area (Å²) in [5, 5.41) is 10.3. The quantitative estimate of drug-likeness (QED) is 0.791. The monoisotopic (exact) mass is 420 g/mol. The standard InChI is InChI=1S/C19H24N4O5S/c1-13-5-2-3-11-23(13)29(25,26)15-9-7-14(8-10-15)17(24)20-19-22-21-18(28-19)16-6-4-12-27-16/h7-10,13,16H,2-6,11-12H2,1H3,(H,20,22,24)/t13-,16-/m0/s1. The topological polar surface area (TPSA) is 115 Å². The molecular weight excluding hydrogens is 396 g/mol. The van der Waals surface area contributed by atoms with Crippen molar-refractivity contribution in [3.8, 4) is 0 Å². The van der Waals surface area contributed by atoms with Gasteiger partial charge in [0.15, 0.2) is 0 Å². The average Bonchev–Trinajstić information content (AvgIpc) is 3.40. The number of hydrogen-bond donors (Lipinski definition) is 1. The molecule has 0 spiro atoms. The molecule has 2 fully saturated rings. The Bertz CT molecular complexity index is 967. The molecule has 1 aromatic carbocycles. The fourth-order valence-corrected chi connectivity index (χ4v) is 5.40. The smallest absolute Gasteiger partial charge is 0.322 e. The number of piperidine rings is 1. The van der Waals surface area contributed by atoms with Crippen molar-refractivity contribution in [1.29, 1.82) is 0 Å². The lowest BCUT2D eigenvalue weighted by Crippen LogP contribution is -2.41. The third-order valence-corrected chi connectivity index (χ3v) is 7.36. The Labute approximate surface area is 169 Å². The largest absolute Gasteiger partial charge is 0.405 e. The second-order valence-electron chi connectivity index (χ2n) is 7.39. The Morgan fingerprint density at radius 2 is 1.93 bits per heavy atom. The molecule has 156 valence electrons. The van der Waals surface area contributed by atoms with Gasteiger partial charge < -0.3 is 9.15 Å². The van der Waals surface area contributed by atoms with E-state index in [1.54, 1.807) is 0 Å². The van der Waals surface area contributed by atoms with Gasteiger partial charge >= 0.3 is 6.01 Å². The minimum Gasteiger partial charge on any atom is -0.405 e. The van der Waals surface area contributed by atoms with Gasteiger partial charge in [0.05, 0.1) is 4.90 Å². The zero-order valence-corrected chi connectivity index (χ0v) is 17.0. The molecule has 2 saturated heterocycles. The van der Waals surface area contributed by atoms with E-state index in [1.807, 2.05) is 6.92 Å². The second-order valence-corrected chi connectivity index (χ2v) is 9.28. The number of anilines is 1. The molecule has 3 heterocycles. The SMILES string of the molecule is C[C@H]1CCCCN1S(=O)(=O)c1ccc(C(=O)Nc2nnc([C@@H]3CCCO3)o2)cc1. The van der Waals surface area contributed by atoms with Crippen molar-refractivity contribution in [1.82, 2.24) is 14.5 Å². The first-order valence-electron chi connectivity index (χ1n) is 9.83. The molecule has 0 aliphatic carbocycles. The first-order chi connectivity index (χ1) is 13.9. The number of amides is 1. The molecule has 0 radical (unpaired) electrons. The summed E-state index contributed by atoms with van der Waals surface area (Å²) in [5.41, 5.74) is 0.299. The zero-order chi connectivity index (χ0) is 20.4. The second kappa shape index (κ2) is 8.21. The van der Waals surface area contributed by atoms with Gasteiger partial charge in [-0.3, -0.25) is 10.1 Å². The number of ether oxygens (including phenoxy) is 1. The predicted octanol–water partition coefficient (Wildman–Crippen LogP) is 2.74. The van der Waals surface area contributed by atoms with Gasteiger partial charge in [0.25, 0.3) is 5.91 Å². The number of sulfonamides is 1. The third kappa shape index (κ3) is 4.19. The Morgan fingerprint density at radius 1 is 1.14 bits per heavy atom. The minimum atomic E-state index is -3.57. The van der Waals surface area contributed by atoms with E-state index in [-0.39, 0.29) is 23.1 Å². The van der Waals surface area contributed by atoms with Crippen molar-refractivity contribution in [3.63, 3.8) is 0 Å². The minimum absolute atomic E-state index is 0.0145. The van der Waals surface area contributed by atoms with Crippen LogP contribution in [0.4, 0.5) is 6.01 Å². The van der Waals surface area contributed by atoms with Crippen LogP contribution in [-0.4, -0.2) is 48.0 Å². The Balaban J connectivity index is 1.44. The van der Waals surface area contributed by atoms with Crippen LogP contribution in [0.15, 0.2) is 33.6 Å². The van der Waals surface area contributed by atoms with E-state index < -0.39 is 15.9 Å². The first-order valence-corrected chi connectivity index (χ1v) is 11.3. The lowest BCUT2D eigenvalue weighted by Gasteiger charge is -2.32. The van der Waals surface area contributed by atoms with E-state index in [0.717, 1.165) is 32.1 Å². The van der Waals surface area contributed by atoms with Crippen molar-refractivity contribution in [2.75, 3.05) is 18.5 Å². The highest BCUT2D eigenvalue weighted by atomic mass is 32.2. The van der Waals surface area contributed by atoms with Crippen LogP contribution in [0.3, 0.4) is 0 Å². The van der Waals surface area contributed by atoms with E-state index >= 15 is 0 Å². The molecule has 1 N–H and O–H groups in total. The summed E-state index contributed by atoms with van der Waals surface area (Å²) >= 11 is 0. The fourth-order valence-electron chi connectivity index (χ4n) is 3.70. The number of hydrogen-bond acceptors (Lipinski definition) is 7. The van der Waals surface area contributed by atoms with Crippen molar-refractivity contribution in [2.45, 2.75) is 56.1 Å². The van der Waals surface area contributed by atoms with Gasteiger partial charge in [-0.2, -0.15) is 4.31 Å². The molecule has 2 aliphatic rings. The Hall–Kier alpha value is -2.30. The predicted molar refractivity (Wildman–Crippen MR) is 104 cm³/mol. The number of carbonyl (C=O) groups is 1. The molecule has 29 heavy (non-hydrogen) atoms. The summed E-state index contributed by atoms with van der Waals surface area (Å²) in [6, 6.07) is 5.84. The molecule has 9 nitrogen and oxygen atoms in total. The maximum absolute atomic E-state index is 12.9. The van der Waals surface area contributed by atoms with E-state index in [9.17, 15) is 13.2 Å². The third-order valence-electron chi connectivity index (χ3n) is 5.33. The fraction of sp³-hybridized carbons (Fsp3) is 0.526. The summed E-state index contributed by atoms with van der Waals surface area (Å²) < 4.78 is 38.2. The van der Waals surface area contributed by atoms with Crippen LogP contribution < -0.4 is 5.32 Å². The summed E-state index contributed by atoms with van der Waals surface area (Å²) in [6.45, 7) is 3.10. The van der Waals surface area contributed by atoms with Gasteiger partial charge in [-0.05, 0) is 56.9 Å². The first kappa shape index (κ1) is 20.0. The maximum atomic E-state index is 12.9. The number of rotatable bonds is 5.